The molecule has 3 nitrogen and oxygen atoms in total. The molecule has 1 saturated carbocycles. The highest BCUT2D eigenvalue weighted by molar-refractivity contribution is 6.02. The van der Waals surface area contributed by atoms with Crippen LogP contribution in [0.4, 0.5) is 4.39 Å². The van der Waals surface area contributed by atoms with Gasteiger partial charge in [-0.15, -0.1) is 0 Å². The molecule has 1 aliphatic rings. The molecule has 0 aliphatic heterocycles. The maximum absolute atomic E-state index is 13.1. The normalized spacial score (nSPS) is 16.9. The fourth-order valence-electron chi connectivity index (χ4n) is 1.41. The van der Waals surface area contributed by atoms with E-state index >= 15 is 0 Å². The molecule has 2 rings (SSSR count). The average molecular weight is 223 g/mol. The third kappa shape index (κ3) is 2.39. The Hall–Kier alpha value is -1.42. The number of ether oxygens (including phenoxy) is 1. The molecule has 1 aromatic carbocycles. The van der Waals surface area contributed by atoms with E-state index in [2.05, 4.69) is 0 Å². The first-order chi connectivity index (χ1) is 7.58. The zero-order valence-corrected chi connectivity index (χ0v) is 9.07. The number of hydrogen-bond acceptors (Lipinski definition) is 3. The van der Waals surface area contributed by atoms with Gasteiger partial charge in [0, 0.05) is 0 Å². The third-order valence-electron chi connectivity index (χ3n) is 2.44. The number of carbonyl (C=O) groups is 1. The van der Waals surface area contributed by atoms with Crippen molar-refractivity contribution in [2.45, 2.75) is 31.9 Å². The Balaban J connectivity index is 2.30. The van der Waals surface area contributed by atoms with Gasteiger partial charge in [0.05, 0.1) is 17.7 Å². The van der Waals surface area contributed by atoms with Crippen molar-refractivity contribution in [3.63, 3.8) is 0 Å². The van der Waals surface area contributed by atoms with Gasteiger partial charge in [0.2, 0.25) is 0 Å². The summed E-state index contributed by atoms with van der Waals surface area (Å²) in [5, 5.41) is 0. The molecule has 1 atom stereocenters. The van der Waals surface area contributed by atoms with Crippen molar-refractivity contribution in [1.29, 1.82) is 0 Å². The molecule has 0 radical (unpaired) electrons. The van der Waals surface area contributed by atoms with Gasteiger partial charge in [-0.3, -0.25) is 4.79 Å². The molecule has 2 N–H and O–H groups in total. The van der Waals surface area contributed by atoms with Crippen molar-refractivity contribution in [2.24, 2.45) is 5.73 Å². The molecule has 1 aliphatic carbocycles. The molecule has 1 fully saturated rings. The van der Waals surface area contributed by atoms with Crippen molar-refractivity contribution in [1.82, 2.24) is 0 Å². The molecule has 0 amide bonds. The van der Waals surface area contributed by atoms with E-state index in [1.807, 2.05) is 0 Å². The van der Waals surface area contributed by atoms with Crippen LogP contribution in [0.3, 0.4) is 0 Å². The Labute approximate surface area is 93.4 Å². The van der Waals surface area contributed by atoms with Gasteiger partial charge in [0.25, 0.3) is 0 Å². The molecule has 4 heteroatoms. The average Bonchev–Trinajstić information content (AvgIpc) is 3.03. The maximum atomic E-state index is 13.1. The van der Waals surface area contributed by atoms with Crippen LogP contribution in [0.25, 0.3) is 0 Å². The van der Waals surface area contributed by atoms with E-state index in [0.29, 0.717) is 5.75 Å². The van der Waals surface area contributed by atoms with E-state index in [1.165, 1.54) is 18.2 Å². The van der Waals surface area contributed by atoms with Crippen LogP contribution in [0.1, 0.15) is 30.1 Å². The summed E-state index contributed by atoms with van der Waals surface area (Å²) >= 11 is 0. The zero-order chi connectivity index (χ0) is 11.7. The highest BCUT2D eigenvalue weighted by atomic mass is 19.1. The lowest BCUT2D eigenvalue weighted by atomic mass is 10.0. The number of nitrogens with two attached hydrogens (primary N) is 1. The summed E-state index contributed by atoms with van der Waals surface area (Å²) in [6.45, 7) is 1.58. The van der Waals surface area contributed by atoms with Gasteiger partial charge in [-0.2, -0.15) is 0 Å². The quantitative estimate of drug-likeness (QED) is 0.793. The Morgan fingerprint density at radius 1 is 1.56 bits per heavy atom. The fraction of sp³-hybridized carbons (Fsp3) is 0.417. The fourth-order valence-corrected chi connectivity index (χ4v) is 1.41. The number of hydrogen-bond donors (Lipinski definition) is 1. The second-order valence-electron chi connectivity index (χ2n) is 4.11. The Bertz CT molecular complexity index is 413. The molecule has 0 bridgehead atoms. The lowest BCUT2D eigenvalue weighted by Crippen LogP contribution is -2.27. The second-order valence-corrected chi connectivity index (χ2v) is 4.11. The van der Waals surface area contributed by atoms with Gasteiger partial charge in [-0.25, -0.2) is 4.39 Å². The number of benzene rings is 1. The van der Waals surface area contributed by atoms with Gasteiger partial charge in [-0.1, -0.05) is 0 Å². The Morgan fingerprint density at radius 2 is 2.25 bits per heavy atom. The van der Waals surface area contributed by atoms with Crippen molar-refractivity contribution in [3.8, 4) is 5.75 Å². The topological polar surface area (TPSA) is 52.3 Å². The van der Waals surface area contributed by atoms with Crippen molar-refractivity contribution in [2.75, 3.05) is 0 Å². The van der Waals surface area contributed by atoms with E-state index in [-0.39, 0.29) is 17.5 Å². The predicted octanol–water partition coefficient (Wildman–Crippen LogP) is 1.90. The van der Waals surface area contributed by atoms with Gasteiger partial charge in [0.15, 0.2) is 5.78 Å². The van der Waals surface area contributed by atoms with Gasteiger partial charge < -0.3 is 10.5 Å². The molecule has 0 spiro atoms. The number of carbonyl (C=O) groups excluding carboxylic acids is 1. The lowest BCUT2D eigenvalue weighted by Gasteiger charge is -2.11. The smallest absolute Gasteiger partial charge is 0.183 e. The van der Waals surface area contributed by atoms with Crippen molar-refractivity contribution in [3.05, 3.63) is 29.6 Å². The zero-order valence-electron chi connectivity index (χ0n) is 9.07. The standard InChI is InChI=1S/C12H14FNO2/c1-7(14)12(15)10-6-8(13)2-5-11(10)16-9-3-4-9/h2,5-7,9H,3-4,14H2,1H3. The minimum atomic E-state index is -0.650. The molecule has 0 heterocycles. The second kappa shape index (κ2) is 4.22. The van der Waals surface area contributed by atoms with E-state index in [1.54, 1.807) is 6.92 Å². The van der Waals surface area contributed by atoms with Crippen LogP contribution in [-0.2, 0) is 0 Å². The van der Waals surface area contributed by atoms with E-state index < -0.39 is 11.9 Å². The van der Waals surface area contributed by atoms with Crippen LogP contribution in [0.15, 0.2) is 18.2 Å². The summed E-state index contributed by atoms with van der Waals surface area (Å²) in [5.41, 5.74) is 5.74. The molecule has 16 heavy (non-hydrogen) atoms. The largest absolute Gasteiger partial charge is 0.490 e. The van der Waals surface area contributed by atoms with E-state index in [0.717, 1.165) is 12.8 Å². The van der Waals surface area contributed by atoms with Crippen molar-refractivity contribution >= 4 is 5.78 Å². The highest BCUT2D eigenvalue weighted by Gasteiger charge is 2.26. The minimum absolute atomic E-state index is 0.171. The van der Waals surface area contributed by atoms with Crippen LogP contribution in [-0.4, -0.2) is 17.9 Å². The summed E-state index contributed by atoms with van der Waals surface area (Å²) in [7, 11) is 0. The predicted molar refractivity (Wildman–Crippen MR) is 58.0 cm³/mol. The van der Waals surface area contributed by atoms with Crippen LogP contribution >= 0.6 is 0 Å². The summed E-state index contributed by atoms with van der Waals surface area (Å²) in [5.74, 6) is -0.312. The summed E-state index contributed by atoms with van der Waals surface area (Å²) < 4.78 is 18.6. The van der Waals surface area contributed by atoms with Gasteiger partial charge in [-0.05, 0) is 38.0 Å². The monoisotopic (exact) mass is 223 g/mol. The summed E-state index contributed by atoms with van der Waals surface area (Å²) in [6, 6.07) is 3.31. The van der Waals surface area contributed by atoms with Crippen LogP contribution in [0, 0.1) is 5.82 Å². The maximum Gasteiger partial charge on any atom is 0.183 e. The van der Waals surface area contributed by atoms with Gasteiger partial charge in [0.1, 0.15) is 11.6 Å². The molecule has 1 unspecified atom stereocenters. The SMILES string of the molecule is CC(N)C(=O)c1cc(F)ccc1OC1CC1. The molecule has 0 aromatic heterocycles. The Kier molecular flexibility index (Phi) is 2.92. The lowest BCUT2D eigenvalue weighted by molar-refractivity contribution is 0.0963. The number of halogens is 1. The van der Waals surface area contributed by atoms with Crippen LogP contribution in [0.5, 0.6) is 5.75 Å². The first-order valence-electron chi connectivity index (χ1n) is 5.34. The van der Waals surface area contributed by atoms with E-state index in [4.69, 9.17) is 10.5 Å². The first-order valence-corrected chi connectivity index (χ1v) is 5.34. The molecule has 0 saturated heterocycles. The molecular weight excluding hydrogens is 209 g/mol. The molecular formula is C12H14FNO2. The Morgan fingerprint density at radius 3 is 2.81 bits per heavy atom. The summed E-state index contributed by atoms with van der Waals surface area (Å²) in [4.78, 5) is 11.7. The number of Topliss-reactive ketones (excluding diaryl/α,β-unsaturated/α-hetero) is 1. The van der Waals surface area contributed by atoms with Crippen LogP contribution < -0.4 is 10.5 Å². The summed E-state index contributed by atoms with van der Waals surface area (Å²) in [6.07, 6.45) is 2.15. The van der Waals surface area contributed by atoms with Gasteiger partial charge >= 0.3 is 0 Å². The third-order valence-corrected chi connectivity index (χ3v) is 2.44. The minimum Gasteiger partial charge on any atom is -0.490 e. The number of rotatable bonds is 4. The first kappa shape index (κ1) is 11.1. The van der Waals surface area contributed by atoms with E-state index in [9.17, 15) is 9.18 Å². The van der Waals surface area contributed by atoms with Crippen LogP contribution in [0.2, 0.25) is 0 Å². The molecule has 1 aromatic rings. The van der Waals surface area contributed by atoms with Crippen molar-refractivity contribution < 1.29 is 13.9 Å². The number of ketones is 1. The molecule has 86 valence electrons. The highest BCUT2D eigenvalue weighted by Crippen LogP contribution is 2.30.